The summed E-state index contributed by atoms with van der Waals surface area (Å²) in [6.07, 6.45) is -0.0587. The number of carbonyl (C=O) groups excluding carboxylic acids is 1. The number of aliphatic carboxylic acids is 1. The molecule has 1 unspecified atom stereocenters. The van der Waals surface area contributed by atoms with E-state index in [9.17, 15) is 9.59 Å². The summed E-state index contributed by atoms with van der Waals surface area (Å²) in [5, 5.41) is 13.3. The fraction of sp³-hybridized carbons (Fsp3) is 0.667. The van der Waals surface area contributed by atoms with Crippen molar-refractivity contribution in [3.63, 3.8) is 0 Å². The molecule has 0 saturated carbocycles. The summed E-state index contributed by atoms with van der Waals surface area (Å²) in [4.78, 5) is 25.1. The zero-order chi connectivity index (χ0) is 16.2. The van der Waals surface area contributed by atoms with E-state index in [0.717, 1.165) is 5.69 Å². The third-order valence-corrected chi connectivity index (χ3v) is 3.51. The molecule has 0 aliphatic carbocycles. The van der Waals surface area contributed by atoms with E-state index in [0.29, 0.717) is 18.8 Å². The van der Waals surface area contributed by atoms with Crippen molar-refractivity contribution in [2.24, 2.45) is 0 Å². The fourth-order valence-electron chi connectivity index (χ4n) is 2.30. The molecule has 1 heterocycles. The number of aryl methyl sites for hydroxylation is 1. The molecule has 21 heavy (non-hydrogen) atoms. The third-order valence-electron chi connectivity index (χ3n) is 3.51. The molecule has 0 aliphatic rings. The molecule has 0 bridgehead atoms. The maximum atomic E-state index is 12.7. The predicted octanol–water partition coefficient (Wildman–Crippen LogP) is 2.35. The molecule has 1 aromatic rings. The summed E-state index contributed by atoms with van der Waals surface area (Å²) in [6, 6.07) is 1.47. The van der Waals surface area contributed by atoms with Crippen LogP contribution < -0.4 is 0 Å². The standard InChI is InChI=1S/C15H25N3O3/c1-6-17(11(5)8-14(19)20)15(21)13-9-12(10(3)4)16-18(13)7-2/h9-11H,6-8H2,1-5H3,(H,19,20). The van der Waals surface area contributed by atoms with Gasteiger partial charge in [0.1, 0.15) is 5.69 Å². The number of carboxylic acid groups (broad SMARTS) is 1. The van der Waals surface area contributed by atoms with E-state index >= 15 is 0 Å². The van der Waals surface area contributed by atoms with Crippen molar-refractivity contribution in [3.05, 3.63) is 17.5 Å². The summed E-state index contributed by atoms with van der Waals surface area (Å²) >= 11 is 0. The highest BCUT2D eigenvalue weighted by molar-refractivity contribution is 5.93. The molecule has 6 heteroatoms. The minimum Gasteiger partial charge on any atom is -0.481 e. The highest BCUT2D eigenvalue weighted by atomic mass is 16.4. The van der Waals surface area contributed by atoms with Crippen LogP contribution in [-0.4, -0.2) is 44.3 Å². The van der Waals surface area contributed by atoms with Crippen LogP contribution in [0.25, 0.3) is 0 Å². The number of hydrogen-bond acceptors (Lipinski definition) is 3. The van der Waals surface area contributed by atoms with Gasteiger partial charge in [0.2, 0.25) is 0 Å². The SMILES string of the molecule is CCN(C(=O)c1cc(C(C)C)nn1CC)C(C)CC(=O)O. The number of nitrogens with zero attached hydrogens (tertiary/aromatic N) is 3. The van der Waals surface area contributed by atoms with E-state index < -0.39 is 5.97 Å². The Kier molecular flexibility index (Phi) is 5.93. The first kappa shape index (κ1) is 17.2. The van der Waals surface area contributed by atoms with Crippen LogP contribution in [0.1, 0.15) is 63.1 Å². The Bertz CT molecular complexity index is 508. The molecule has 6 nitrogen and oxygen atoms in total. The van der Waals surface area contributed by atoms with Gasteiger partial charge in [-0.2, -0.15) is 5.10 Å². The smallest absolute Gasteiger partial charge is 0.305 e. The second-order valence-electron chi connectivity index (χ2n) is 5.46. The van der Waals surface area contributed by atoms with E-state index in [1.54, 1.807) is 16.5 Å². The van der Waals surface area contributed by atoms with Gasteiger partial charge in [-0.05, 0) is 32.8 Å². The van der Waals surface area contributed by atoms with Crippen molar-refractivity contribution >= 4 is 11.9 Å². The van der Waals surface area contributed by atoms with E-state index in [-0.39, 0.29) is 24.3 Å². The molecule has 1 amide bonds. The highest BCUT2D eigenvalue weighted by Gasteiger charge is 2.25. The average Bonchev–Trinajstić information content (AvgIpc) is 2.82. The van der Waals surface area contributed by atoms with Gasteiger partial charge in [0.15, 0.2) is 0 Å². The molecule has 1 aromatic heterocycles. The summed E-state index contributed by atoms with van der Waals surface area (Å²) in [5.41, 5.74) is 1.41. The Morgan fingerprint density at radius 1 is 1.33 bits per heavy atom. The third kappa shape index (κ3) is 4.06. The van der Waals surface area contributed by atoms with Crippen molar-refractivity contribution in [2.75, 3.05) is 6.54 Å². The van der Waals surface area contributed by atoms with Crippen LogP contribution >= 0.6 is 0 Å². The van der Waals surface area contributed by atoms with E-state index in [1.807, 2.05) is 33.8 Å². The van der Waals surface area contributed by atoms with Gasteiger partial charge in [0, 0.05) is 19.1 Å². The number of aromatic nitrogens is 2. The van der Waals surface area contributed by atoms with E-state index in [2.05, 4.69) is 5.10 Å². The number of carbonyl (C=O) groups is 2. The first-order valence-electron chi connectivity index (χ1n) is 7.42. The summed E-state index contributed by atoms with van der Waals surface area (Å²) in [7, 11) is 0. The Labute approximate surface area is 125 Å². The van der Waals surface area contributed by atoms with Gasteiger partial charge in [0.05, 0.1) is 12.1 Å². The van der Waals surface area contributed by atoms with Gasteiger partial charge < -0.3 is 10.0 Å². The van der Waals surface area contributed by atoms with Crippen LogP contribution in [0.5, 0.6) is 0 Å². The number of rotatable bonds is 7. The van der Waals surface area contributed by atoms with Crippen LogP contribution in [0.15, 0.2) is 6.07 Å². The van der Waals surface area contributed by atoms with Gasteiger partial charge in [-0.3, -0.25) is 14.3 Å². The van der Waals surface area contributed by atoms with Crippen LogP contribution in [0, 0.1) is 0 Å². The van der Waals surface area contributed by atoms with Crippen molar-refractivity contribution in [2.45, 2.75) is 59.5 Å². The maximum Gasteiger partial charge on any atom is 0.305 e. The monoisotopic (exact) mass is 295 g/mol. The normalized spacial score (nSPS) is 12.5. The van der Waals surface area contributed by atoms with Gasteiger partial charge in [0.25, 0.3) is 5.91 Å². The Balaban J connectivity index is 3.07. The van der Waals surface area contributed by atoms with E-state index in [4.69, 9.17) is 5.11 Å². The Morgan fingerprint density at radius 2 is 1.95 bits per heavy atom. The zero-order valence-electron chi connectivity index (χ0n) is 13.5. The zero-order valence-corrected chi connectivity index (χ0v) is 13.5. The number of amides is 1. The van der Waals surface area contributed by atoms with Gasteiger partial charge in [-0.25, -0.2) is 0 Å². The summed E-state index contributed by atoms with van der Waals surface area (Å²) in [5.74, 6) is -0.816. The minimum absolute atomic E-state index is 0.0587. The highest BCUT2D eigenvalue weighted by Crippen LogP contribution is 2.17. The summed E-state index contributed by atoms with van der Waals surface area (Å²) in [6.45, 7) is 10.7. The van der Waals surface area contributed by atoms with Crippen molar-refractivity contribution in [3.8, 4) is 0 Å². The molecule has 1 atom stereocenters. The first-order chi connectivity index (χ1) is 9.81. The lowest BCUT2D eigenvalue weighted by Crippen LogP contribution is -2.40. The molecule has 0 spiro atoms. The molecule has 0 aromatic carbocycles. The molecule has 0 saturated heterocycles. The molecular weight excluding hydrogens is 270 g/mol. The van der Waals surface area contributed by atoms with Gasteiger partial charge >= 0.3 is 5.97 Å². The summed E-state index contributed by atoms with van der Waals surface area (Å²) < 4.78 is 1.69. The van der Waals surface area contributed by atoms with Crippen molar-refractivity contribution < 1.29 is 14.7 Å². The van der Waals surface area contributed by atoms with Crippen LogP contribution in [0.2, 0.25) is 0 Å². The minimum atomic E-state index is -0.902. The van der Waals surface area contributed by atoms with Crippen molar-refractivity contribution in [1.82, 2.24) is 14.7 Å². The molecule has 0 aliphatic heterocycles. The molecular formula is C15H25N3O3. The average molecular weight is 295 g/mol. The lowest BCUT2D eigenvalue weighted by Gasteiger charge is -2.27. The second kappa shape index (κ2) is 7.24. The topological polar surface area (TPSA) is 75.4 Å². The molecule has 1 rings (SSSR count). The van der Waals surface area contributed by atoms with Gasteiger partial charge in [-0.1, -0.05) is 13.8 Å². The number of carboxylic acids is 1. The lowest BCUT2D eigenvalue weighted by molar-refractivity contribution is -0.138. The van der Waals surface area contributed by atoms with Crippen molar-refractivity contribution in [1.29, 1.82) is 0 Å². The Morgan fingerprint density at radius 3 is 2.38 bits per heavy atom. The maximum absolute atomic E-state index is 12.7. The quantitative estimate of drug-likeness (QED) is 0.838. The van der Waals surface area contributed by atoms with Crippen LogP contribution in [-0.2, 0) is 11.3 Å². The Hall–Kier alpha value is -1.85. The largest absolute Gasteiger partial charge is 0.481 e. The molecule has 0 radical (unpaired) electrons. The van der Waals surface area contributed by atoms with E-state index in [1.165, 1.54) is 0 Å². The first-order valence-corrected chi connectivity index (χ1v) is 7.42. The molecule has 118 valence electrons. The second-order valence-corrected chi connectivity index (χ2v) is 5.46. The van der Waals surface area contributed by atoms with Crippen LogP contribution in [0.4, 0.5) is 0 Å². The van der Waals surface area contributed by atoms with Gasteiger partial charge in [-0.15, -0.1) is 0 Å². The molecule has 1 N–H and O–H groups in total. The fourth-order valence-corrected chi connectivity index (χ4v) is 2.30. The predicted molar refractivity (Wildman–Crippen MR) is 80.4 cm³/mol. The number of hydrogen-bond donors (Lipinski definition) is 1. The van der Waals surface area contributed by atoms with Crippen LogP contribution in [0.3, 0.4) is 0 Å². The molecule has 0 fully saturated rings. The lowest BCUT2D eigenvalue weighted by atomic mass is 10.1.